The van der Waals surface area contributed by atoms with Crippen LogP contribution in [0.5, 0.6) is 0 Å². The molecule has 0 saturated carbocycles. The quantitative estimate of drug-likeness (QED) is 0.814. The van der Waals surface area contributed by atoms with Gasteiger partial charge in [-0.15, -0.1) is 0 Å². The summed E-state index contributed by atoms with van der Waals surface area (Å²) in [4.78, 5) is 36.4. The summed E-state index contributed by atoms with van der Waals surface area (Å²) in [6, 6.07) is 2.97. The minimum atomic E-state index is -0.999. The molecule has 0 aliphatic carbocycles. The molecule has 7 nitrogen and oxygen atoms in total. The van der Waals surface area contributed by atoms with Crippen LogP contribution in [0.25, 0.3) is 0 Å². The van der Waals surface area contributed by atoms with Gasteiger partial charge in [0.2, 0.25) is 0 Å². The maximum Gasteiger partial charge on any atom is 0.355 e. The number of esters is 1. The second kappa shape index (κ2) is 5.36. The van der Waals surface area contributed by atoms with Gasteiger partial charge in [0.25, 0.3) is 5.91 Å². The van der Waals surface area contributed by atoms with Gasteiger partial charge in [-0.3, -0.25) is 9.69 Å². The van der Waals surface area contributed by atoms with E-state index in [1.807, 2.05) is 6.92 Å². The molecule has 0 radical (unpaired) electrons. The third-order valence-electron chi connectivity index (χ3n) is 3.34. The lowest BCUT2D eigenvalue weighted by Gasteiger charge is -2.18. The van der Waals surface area contributed by atoms with Gasteiger partial charge in [-0.05, 0) is 26.0 Å². The van der Waals surface area contributed by atoms with Gasteiger partial charge >= 0.3 is 12.0 Å². The molecule has 1 saturated heterocycles. The first kappa shape index (κ1) is 14.1. The highest BCUT2D eigenvalue weighted by molar-refractivity contribution is 5.99. The van der Waals surface area contributed by atoms with E-state index in [0.717, 1.165) is 10.6 Å². The first-order valence-electron chi connectivity index (χ1n) is 6.34. The lowest BCUT2D eigenvalue weighted by Crippen LogP contribution is -2.41. The zero-order chi connectivity index (χ0) is 14.9. The zero-order valence-electron chi connectivity index (χ0n) is 11.7. The molecule has 1 aliphatic rings. The summed E-state index contributed by atoms with van der Waals surface area (Å²) in [7, 11) is 1.74. The van der Waals surface area contributed by atoms with Crippen molar-refractivity contribution in [2.24, 2.45) is 7.05 Å². The van der Waals surface area contributed by atoms with Crippen molar-refractivity contribution in [2.75, 3.05) is 13.1 Å². The lowest BCUT2D eigenvalue weighted by molar-refractivity contribution is -0.136. The Morgan fingerprint density at radius 3 is 2.60 bits per heavy atom. The Balaban J connectivity index is 2.02. The fraction of sp³-hybridized carbons (Fsp3) is 0.462. The molecule has 0 aromatic carbocycles. The van der Waals surface area contributed by atoms with E-state index in [1.54, 1.807) is 23.7 Å². The number of urea groups is 1. The van der Waals surface area contributed by atoms with E-state index in [0.29, 0.717) is 18.8 Å². The van der Waals surface area contributed by atoms with Crippen molar-refractivity contribution in [3.63, 3.8) is 0 Å². The van der Waals surface area contributed by atoms with Gasteiger partial charge in [0.15, 0.2) is 6.10 Å². The highest BCUT2D eigenvalue weighted by Gasteiger charge is 2.32. The maximum atomic E-state index is 12.0. The largest absolute Gasteiger partial charge is 0.448 e. The topological polar surface area (TPSA) is 80.6 Å². The zero-order valence-corrected chi connectivity index (χ0v) is 11.7. The Morgan fingerprint density at radius 1 is 1.40 bits per heavy atom. The van der Waals surface area contributed by atoms with E-state index in [4.69, 9.17) is 4.74 Å². The normalized spacial score (nSPS) is 15.9. The van der Waals surface area contributed by atoms with E-state index in [9.17, 15) is 14.4 Å². The van der Waals surface area contributed by atoms with E-state index < -0.39 is 24.0 Å². The molecule has 1 atom stereocenters. The number of ether oxygens (including phenoxy) is 1. The minimum absolute atomic E-state index is 0.294. The van der Waals surface area contributed by atoms with E-state index >= 15 is 0 Å². The predicted molar refractivity (Wildman–Crippen MR) is 70.1 cm³/mol. The van der Waals surface area contributed by atoms with Crippen LogP contribution in [0.15, 0.2) is 12.1 Å². The van der Waals surface area contributed by atoms with Gasteiger partial charge in [-0.25, -0.2) is 9.59 Å². The van der Waals surface area contributed by atoms with Crippen molar-refractivity contribution < 1.29 is 19.1 Å². The monoisotopic (exact) mass is 279 g/mol. The molecule has 2 rings (SSSR count). The smallest absolute Gasteiger partial charge is 0.355 e. The van der Waals surface area contributed by atoms with Crippen LogP contribution < -0.4 is 5.32 Å². The van der Waals surface area contributed by atoms with Crippen LogP contribution >= 0.6 is 0 Å². The molecule has 0 bridgehead atoms. The number of nitrogens with zero attached hydrogens (tertiary/aromatic N) is 2. The van der Waals surface area contributed by atoms with Gasteiger partial charge in [0.1, 0.15) is 5.69 Å². The first-order chi connectivity index (χ1) is 9.41. The molecule has 2 heterocycles. The van der Waals surface area contributed by atoms with E-state index in [2.05, 4.69) is 5.32 Å². The number of aryl methyl sites for hydroxylation is 1. The molecular weight excluding hydrogens is 262 g/mol. The lowest BCUT2D eigenvalue weighted by atomic mass is 10.3. The fourth-order valence-corrected chi connectivity index (χ4v) is 1.99. The highest BCUT2D eigenvalue weighted by Crippen LogP contribution is 2.10. The standard InChI is InChI=1S/C13H17N3O4/c1-8-4-5-10(15(8)3)12(18)20-9(2)11(17)16-7-6-14-13(16)19/h4-5,9H,6-7H2,1-3H3,(H,14,19). The summed E-state index contributed by atoms with van der Waals surface area (Å²) in [6.07, 6.45) is -0.999. The van der Waals surface area contributed by atoms with Crippen LogP contribution in [-0.4, -0.2) is 46.6 Å². The summed E-state index contributed by atoms with van der Waals surface area (Å²) in [5.41, 5.74) is 1.28. The number of carbonyl (C=O) groups excluding carboxylic acids is 3. The van der Waals surface area contributed by atoms with Crippen LogP contribution in [0.4, 0.5) is 4.79 Å². The highest BCUT2D eigenvalue weighted by atomic mass is 16.5. The molecule has 108 valence electrons. The second-order valence-corrected chi connectivity index (χ2v) is 4.69. The fourth-order valence-electron chi connectivity index (χ4n) is 1.99. The number of hydrogen-bond donors (Lipinski definition) is 1. The second-order valence-electron chi connectivity index (χ2n) is 4.69. The van der Waals surface area contributed by atoms with Crippen molar-refractivity contribution in [3.8, 4) is 0 Å². The Bertz CT molecular complexity index is 564. The molecule has 1 unspecified atom stereocenters. The van der Waals surface area contributed by atoms with Crippen LogP contribution in [0.2, 0.25) is 0 Å². The number of amides is 3. The summed E-state index contributed by atoms with van der Waals surface area (Å²) >= 11 is 0. The molecule has 1 aromatic heterocycles. The van der Waals surface area contributed by atoms with Gasteiger partial charge in [0, 0.05) is 25.8 Å². The SMILES string of the molecule is Cc1ccc(C(=O)OC(C)C(=O)N2CCNC2=O)n1C. The Morgan fingerprint density at radius 2 is 2.10 bits per heavy atom. The van der Waals surface area contributed by atoms with Crippen LogP contribution in [0.1, 0.15) is 23.1 Å². The van der Waals surface area contributed by atoms with Crippen molar-refractivity contribution >= 4 is 17.9 Å². The summed E-state index contributed by atoms with van der Waals surface area (Å²) in [5.74, 6) is -1.10. The van der Waals surface area contributed by atoms with Crippen molar-refractivity contribution in [3.05, 3.63) is 23.5 Å². The number of rotatable bonds is 3. The molecule has 1 aromatic rings. The Kier molecular flexibility index (Phi) is 3.78. The summed E-state index contributed by atoms with van der Waals surface area (Å²) in [5, 5.41) is 2.52. The van der Waals surface area contributed by atoms with E-state index in [-0.39, 0.29) is 0 Å². The molecule has 3 amide bonds. The van der Waals surface area contributed by atoms with Crippen LogP contribution in [0, 0.1) is 6.92 Å². The number of hydrogen-bond acceptors (Lipinski definition) is 4. The summed E-state index contributed by atoms with van der Waals surface area (Å²) < 4.78 is 6.80. The van der Waals surface area contributed by atoms with Crippen LogP contribution in [0.3, 0.4) is 0 Å². The number of carbonyl (C=O) groups is 3. The molecule has 1 aliphatic heterocycles. The number of nitrogens with one attached hydrogen (secondary N) is 1. The van der Waals surface area contributed by atoms with Crippen molar-refractivity contribution in [1.82, 2.24) is 14.8 Å². The van der Waals surface area contributed by atoms with Crippen LogP contribution in [-0.2, 0) is 16.6 Å². The van der Waals surface area contributed by atoms with Gasteiger partial charge in [-0.1, -0.05) is 0 Å². The predicted octanol–water partition coefficient (Wildman–Crippen LogP) is 0.431. The average Bonchev–Trinajstić information content (AvgIpc) is 2.96. The number of aromatic nitrogens is 1. The Hall–Kier alpha value is -2.31. The average molecular weight is 279 g/mol. The van der Waals surface area contributed by atoms with Crippen molar-refractivity contribution in [1.29, 1.82) is 0 Å². The summed E-state index contributed by atoms with van der Waals surface area (Å²) in [6.45, 7) is 4.03. The Labute approximate surface area is 116 Å². The van der Waals surface area contributed by atoms with Gasteiger partial charge in [0.05, 0.1) is 0 Å². The third-order valence-corrected chi connectivity index (χ3v) is 3.34. The van der Waals surface area contributed by atoms with Crippen molar-refractivity contribution in [2.45, 2.75) is 20.0 Å². The van der Waals surface area contributed by atoms with E-state index in [1.165, 1.54) is 6.92 Å². The van der Waals surface area contributed by atoms with Gasteiger partial charge in [-0.2, -0.15) is 0 Å². The molecule has 7 heteroatoms. The molecule has 0 spiro atoms. The molecule has 1 fully saturated rings. The first-order valence-corrected chi connectivity index (χ1v) is 6.34. The third kappa shape index (κ3) is 2.52. The van der Waals surface area contributed by atoms with Gasteiger partial charge < -0.3 is 14.6 Å². The molecule has 20 heavy (non-hydrogen) atoms. The maximum absolute atomic E-state index is 12.0. The molecule has 1 N–H and O–H groups in total. The molecular formula is C13H17N3O4. The minimum Gasteiger partial charge on any atom is -0.448 e. The number of imide groups is 1.